The van der Waals surface area contributed by atoms with Crippen LogP contribution in [0.3, 0.4) is 0 Å². The van der Waals surface area contributed by atoms with Gasteiger partial charge in [0.15, 0.2) is 5.96 Å². The first kappa shape index (κ1) is 17.8. The predicted molar refractivity (Wildman–Crippen MR) is 93.6 cm³/mol. The second-order valence-corrected chi connectivity index (χ2v) is 5.63. The predicted octanol–water partition coefficient (Wildman–Crippen LogP) is 2.81. The van der Waals surface area contributed by atoms with Gasteiger partial charge in [0.05, 0.1) is 6.54 Å². The molecule has 3 N–H and O–H groups in total. The Bertz CT molecular complexity index is 899. The first-order valence-electron chi connectivity index (χ1n) is 8.08. The smallest absolute Gasteiger partial charge is 0.319 e. The van der Waals surface area contributed by atoms with Crippen molar-refractivity contribution in [2.24, 2.45) is 4.99 Å². The molecular formula is C17H19F3N6. The lowest BCUT2D eigenvalue weighted by Gasteiger charge is -2.12. The number of nitrogens with zero attached hydrogens (tertiary/aromatic N) is 3. The lowest BCUT2D eigenvalue weighted by atomic mass is 10.1. The number of aromatic nitrogens is 3. The molecule has 0 saturated carbocycles. The molecule has 9 heteroatoms. The number of H-pyrrole nitrogens is 1. The summed E-state index contributed by atoms with van der Waals surface area (Å²) in [6.07, 6.45) is 5.06. The Morgan fingerprint density at radius 1 is 1.35 bits per heavy atom. The fourth-order valence-electron chi connectivity index (χ4n) is 2.71. The monoisotopic (exact) mass is 364 g/mol. The van der Waals surface area contributed by atoms with E-state index in [2.05, 4.69) is 25.6 Å². The molecule has 0 spiro atoms. The lowest BCUT2D eigenvalue weighted by Crippen LogP contribution is -2.38. The molecule has 3 rings (SSSR count). The highest BCUT2D eigenvalue weighted by Gasteiger charge is 2.11. The van der Waals surface area contributed by atoms with Gasteiger partial charge in [-0.2, -0.15) is 8.78 Å². The van der Waals surface area contributed by atoms with Gasteiger partial charge < -0.3 is 15.6 Å². The van der Waals surface area contributed by atoms with Crippen molar-refractivity contribution >= 4 is 16.9 Å². The maximum atomic E-state index is 13.4. The first-order valence-corrected chi connectivity index (χ1v) is 8.08. The van der Waals surface area contributed by atoms with Crippen LogP contribution in [0.1, 0.15) is 17.9 Å². The number of hydrogen-bond acceptors (Lipinski definition) is 2. The normalized spacial score (nSPS) is 12.1. The van der Waals surface area contributed by atoms with Crippen molar-refractivity contribution in [3.8, 4) is 0 Å². The van der Waals surface area contributed by atoms with E-state index in [1.54, 1.807) is 13.1 Å². The minimum Gasteiger partial charge on any atom is -0.361 e. The van der Waals surface area contributed by atoms with E-state index in [-0.39, 0.29) is 18.2 Å². The van der Waals surface area contributed by atoms with Crippen molar-refractivity contribution in [1.82, 2.24) is 25.2 Å². The molecule has 1 aromatic carbocycles. The van der Waals surface area contributed by atoms with Gasteiger partial charge in [0.25, 0.3) is 0 Å². The fraction of sp³-hybridized carbons (Fsp3) is 0.294. The molecule has 0 atom stereocenters. The van der Waals surface area contributed by atoms with Gasteiger partial charge in [0.2, 0.25) is 0 Å². The molecule has 138 valence electrons. The van der Waals surface area contributed by atoms with Crippen molar-refractivity contribution in [2.45, 2.75) is 19.5 Å². The number of guanidine groups is 1. The molecule has 0 amide bonds. The van der Waals surface area contributed by atoms with Gasteiger partial charge in [0.1, 0.15) is 11.6 Å². The number of imidazole rings is 1. The summed E-state index contributed by atoms with van der Waals surface area (Å²) in [6.45, 7) is -1.96. The Morgan fingerprint density at radius 2 is 2.19 bits per heavy atom. The summed E-state index contributed by atoms with van der Waals surface area (Å²) in [5.74, 6) is 0.410. The van der Waals surface area contributed by atoms with Crippen LogP contribution < -0.4 is 10.6 Å². The van der Waals surface area contributed by atoms with Crippen LogP contribution in [-0.4, -0.2) is 34.1 Å². The fourth-order valence-corrected chi connectivity index (χ4v) is 2.71. The molecule has 0 fully saturated rings. The van der Waals surface area contributed by atoms with E-state index in [4.69, 9.17) is 0 Å². The molecule has 0 aliphatic carbocycles. The average Bonchev–Trinajstić information content (AvgIpc) is 3.25. The minimum absolute atomic E-state index is 0.120. The van der Waals surface area contributed by atoms with Crippen LogP contribution in [0.25, 0.3) is 10.9 Å². The number of hydrogen-bond donors (Lipinski definition) is 3. The minimum atomic E-state index is -2.63. The number of aliphatic imine (C=N–C) groups is 1. The molecule has 0 bridgehead atoms. The summed E-state index contributed by atoms with van der Waals surface area (Å²) in [7, 11) is 1.59. The van der Waals surface area contributed by atoms with Crippen molar-refractivity contribution in [3.05, 3.63) is 54.0 Å². The molecule has 6 nitrogen and oxygen atoms in total. The van der Waals surface area contributed by atoms with Crippen LogP contribution in [0.4, 0.5) is 13.2 Å². The van der Waals surface area contributed by atoms with Gasteiger partial charge in [-0.15, -0.1) is 0 Å². The molecule has 2 heterocycles. The maximum absolute atomic E-state index is 13.4. The van der Waals surface area contributed by atoms with Crippen LogP contribution in [0.5, 0.6) is 0 Å². The molecule has 2 aromatic heterocycles. The third-order valence-electron chi connectivity index (χ3n) is 4.01. The molecule has 0 aliphatic heterocycles. The van der Waals surface area contributed by atoms with Gasteiger partial charge in [-0.1, -0.05) is 0 Å². The maximum Gasteiger partial charge on any atom is 0.319 e. The van der Waals surface area contributed by atoms with Crippen LogP contribution in [-0.2, 0) is 13.0 Å². The summed E-state index contributed by atoms with van der Waals surface area (Å²) in [5, 5.41) is 6.89. The Hall–Kier alpha value is -2.97. The van der Waals surface area contributed by atoms with Crippen molar-refractivity contribution in [2.75, 3.05) is 13.6 Å². The number of nitrogens with one attached hydrogen (secondary N) is 3. The molecule has 0 unspecified atom stereocenters. The van der Waals surface area contributed by atoms with Crippen LogP contribution in [0, 0.1) is 5.82 Å². The van der Waals surface area contributed by atoms with Crippen LogP contribution >= 0.6 is 0 Å². The van der Waals surface area contributed by atoms with Crippen molar-refractivity contribution < 1.29 is 13.2 Å². The zero-order valence-corrected chi connectivity index (χ0v) is 14.1. The number of aromatic amines is 1. The van der Waals surface area contributed by atoms with E-state index in [0.717, 1.165) is 21.0 Å². The van der Waals surface area contributed by atoms with Crippen LogP contribution in [0.15, 0.2) is 41.8 Å². The van der Waals surface area contributed by atoms with Crippen molar-refractivity contribution in [3.63, 3.8) is 0 Å². The van der Waals surface area contributed by atoms with Crippen LogP contribution in [0.2, 0.25) is 0 Å². The quantitative estimate of drug-likeness (QED) is 0.465. The summed E-state index contributed by atoms with van der Waals surface area (Å²) >= 11 is 0. The van der Waals surface area contributed by atoms with Gasteiger partial charge in [-0.3, -0.25) is 9.56 Å². The number of fused-ring (bicyclic) bond motifs is 1. The first-order chi connectivity index (χ1) is 12.6. The van der Waals surface area contributed by atoms with E-state index in [1.165, 1.54) is 24.5 Å². The van der Waals surface area contributed by atoms with Gasteiger partial charge >= 0.3 is 6.55 Å². The summed E-state index contributed by atoms with van der Waals surface area (Å²) in [4.78, 5) is 11.1. The Morgan fingerprint density at radius 3 is 2.96 bits per heavy atom. The number of benzene rings is 1. The highest BCUT2D eigenvalue weighted by molar-refractivity contribution is 5.83. The number of alkyl halides is 2. The van der Waals surface area contributed by atoms with E-state index >= 15 is 0 Å². The molecule has 3 aromatic rings. The molecule has 0 saturated heterocycles. The Labute approximate surface area is 148 Å². The zero-order valence-electron chi connectivity index (χ0n) is 14.1. The number of rotatable bonds is 6. The van der Waals surface area contributed by atoms with E-state index in [9.17, 15) is 13.2 Å². The molecule has 0 aliphatic rings. The summed E-state index contributed by atoms with van der Waals surface area (Å²) in [5.41, 5.74) is 1.86. The second kappa shape index (κ2) is 7.94. The van der Waals surface area contributed by atoms with E-state index < -0.39 is 6.55 Å². The highest BCUT2D eigenvalue weighted by Crippen LogP contribution is 2.19. The SMILES string of the molecule is CN=C(NCCc1c[nH]c2ccc(F)cc12)NCc1nccn1C(F)F. The van der Waals surface area contributed by atoms with E-state index in [0.29, 0.717) is 18.9 Å². The van der Waals surface area contributed by atoms with Gasteiger partial charge in [-0.25, -0.2) is 9.37 Å². The van der Waals surface area contributed by atoms with Crippen molar-refractivity contribution in [1.29, 1.82) is 0 Å². The topological polar surface area (TPSA) is 70.0 Å². The number of halogens is 3. The third kappa shape index (κ3) is 3.98. The Balaban J connectivity index is 1.54. The highest BCUT2D eigenvalue weighted by atomic mass is 19.3. The second-order valence-electron chi connectivity index (χ2n) is 5.63. The van der Waals surface area contributed by atoms with E-state index in [1.807, 2.05) is 6.20 Å². The Kier molecular flexibility index (Phi) is 5.45. The average molecular weight is 364 g/mol. The third-order valence-corrected chi connectivity index (χ3v) is 4.01. The lowest BCUT2D eigenvalue weighted by molar-refractivity contribution is 0.0668. The largest absolute Gasteiger partial charge is 0.361 e. The summed E-state index contributed by atoms with van der Waals surface area (Å²) in [6, 6.07) is 4.61. The van der Waals surface area contributed by atoms with Gasteiger partial charge in [0, 0.05) is 43.1 Å². The zero-order chi connectivity index (χ0) is 18.5. The molecule has 26 heavy (non-hydrogen) atoms. The standard InChI is InChI=1S/C17H19F3N6/c1-21-17(25-10-15-22-6-7-26(15)16(19)20)23-5-4-11-9-24-14-3-2-12(18)8-13(11)14/h2-3,6-9,16,24H,4-5,10H2,1H3,(H2,21,23,25). The molecule has 0 radical (unpaired) electrons. The van der Waals surface area contributed by atoms with Gasteiger partial charge in [-0.05, 0) is 30.2 Å². The summed E-state index contributed by atoms with van der Waals surface area (Å²) < 4.78 is 39.8. The molecular weight excluding hydrogens is 345 g/mol.